The van der Waals surface area contributed by atoms with E-state index in [2.05, 4.69) is 4.74 Å². The first-order valence-electron chi connectivity index (χ1n) is 6.65. The fourth-order valence-corrected chi connectivity index (χ4v) is 1.74. The van der Waals surface area contributed by atoms with Gasteiger partial charge in [0.15, 0.2) is 0 Å². The number of aromatic hydroxyl groups is 1. The van der Waals surface area contributed by atoms with Gasteiger partial charge in [0.2, 0.25) is 0 Å². The van der Waals surface area contributed by atoms with Crippen molar-refractivity contribution in [3.63, 3.8) is 0 Å². The van der Waals surface area contributed by atoms with Gasteiger partial charge in [-0.15, -0.1) is 0 Å². The van der Waals surface area contributed by atoms with Crippen molar-refractivity contribution in [2.45, 2.75) is 13.5 Å². The second kappa shape index (κ2) is 9.33. The van der Waals surface area contributed by atoms with E-state index in [0.29, 0.717) is 43.1 Å². The number of aryl methyl sites for hydroxylation is 1. The van der Waals surface area contributed by atoms with Crippen molar-refractivity contribution in [1.29, 1.82) is 0 Å². The van der Waals surface area contributed by atoms with Crippen LogP contribution in [-0.4, -0.2) is 51.7 Å². The Labute approximate surface area is 124 Å². The summed E-state index contributed by atoms with van der Waals surface area (Å²) in [7, 11) is 2.93. The van der Waals surface area contributed by atoms with Crippen LogP contribution in [0.25, 0.3) is 0 Å². The number of methoxy groups -OCH3 is 2. The number of hydrogen-bond acceptors (Lipinski definition) is 6. The molecule has 0 aliphatic rings. The van der Waals surface area contributed by atoms with Crippen LogP contribution in [0, 0.1) is 6.92 Å². The van der Waals surface area contributed by atoms with E-state index < -0.39 is 5.97 Å². The summed E-state index contributed by atoms with van der Waals surface area (Å²) < 4.78 is 20.2. The predicted molar refractivity (Wildman–Crippen MR) is 76.5 cm³/mol. The molecule has 0 atom stereocenters. The summed E-state index contributed by atoms with van der Waals surface area (Å²) >= 11 is 0. The maximum absolute atomic E-state index is 11.5. The van der Waals surface area contributed by atoms with Crippen molar-refractivity contribution >= 4 is 5.97 Å². The van der Waals surface area contributed by atoms with Crippen LogP contribution in [0.3, 0.4) is 0 Å². The van der Waals surface area contributed by atoms with Crippen LogP contribution >= 0.6 is 0 Å². The van der Waals surface area contributed by atoms with Gasteiger partial charge in [-0.2, -0.15) is 0 Å². The SMILES string of the molecule is COCCOCCOCc1cc(C(=O)OC)cc(C)c1O. The van der Waals surface area contributed by atoms with Crippen LogP contribution in [0.2, 0.25) is 0 Å². The molecule has 1 aromatic carbocycles. The number of carbonyl (C=O) groups is 1. The number of hydrogen-bond donors (Lipinski definition) is 1. The quantitative estimate of drug-likeness (QED) is 0.552. The van der Waals surface area contributed by atoms with Crippen molar-refractivity contribution in [2.24, 2.45) is 0 Å². The van der Waals surface area contributed by atoms with Gasteiger partial charge >= 0.3 is 5.97 Å². The molecule has 0 heterocycles. The maximum Gasteiger partial charge on any atom is 0.337 e. The normalized spacial score (nSPS) is 10.6. The van der Waals surface area contributed by atoms with Crippen molar-refractivity contribution in [1.82, 2.24) is 0 Å². The Morgan fingerprint density at radius 3 is 2.43 bits per heavy atom. The van der Waals surface area contributed by atoms with E-state index in [4.69, 9.17) is 14.2 Å². The molecule has 0 bridgehead atoms. The smallest absolute Gasteiger partial charge is 0.337 e. The molecule has 1 N–H and O–H groups in total. The first kappa shape index (κ1) is 17.4. The molecule has 118 valence electrons. The number of carbonyl (C=O) groups excluding carboxylic acids is 1. The monoisotopic (exact) mass is 298 g/mol. The van der Waals surface area contributed by atoms with Gasteiger partial charge < -0.3 is 24.1 Å². The third-order valence-electron chi connectivity index (χ3n) is 2.86. The zero-order valence-corrected chi connectivity index (χ0v) is 12.7. The molecule has 0 spiro atoms. The topological polar surface area (TPSA) is 74.2 Å². The second-order valence-corrected chi connectivity index (χ2v) is 4.45. The van der Waals surface area contributed by atoms with Gasteiger partial charge in [0.05, 0.1) is 45.7 Å². The van der Waals surface area contributed by atoms with E-state index in [1.54, 1.807) is 26.2 Å². The number of phenols is 1. The van der Waals surface area contributed by atoms with Gasteiger partial charge in [0.25, 0.3) is 0 Å². The highest BCUT2D eigenvalue weighted by molar-refractivity contribution is 5.90. The average Bonchev–Trinajstić information content (AvgIpc) is 2.49. The van der Waals surface area contributed by atoms with Crippen LogP contribution < -0.4 is 0 Å². The fraction of sp³-hybridized carbons (Fsp3) is 0.533. The highest BCUT2D eigenvalue weighted by Crippen LogP contribution is 2.25. The summed E-state index contributed by atoms with van der Waals surface area (Å²) in [5.74, 6) is -0.315. The number of rotatable bonds is 9. The minimum Gasteiger partial charge on any atom is -0.507 e. The third kappa shape index (κ3) is 5.71. The Balaban J connectivity index is 2.50. The minimum absolute atomic E-state index is 0.128. The standard InChI is InChI=1S/C15H22O6/c1-11-8-12(15(17)19-3)9-13(14(11)16)10-21-7-6-20-5-4-18-2/h8-9,16H,4-7,10H2,1-3H3. The lowest BCUT2D eigenvalue weighted by Crippen LogP contribution is -2.09. The molecule has 0 aliphatic carbocycles. The fourth-order valence-electron chi connectivity index (χ4n) is 1.74. The summed E-state index contributed by atoms with van der Waals surface area (Å²) in [6.07, 6.45) is 0. The second-order valence-electron chi connectivity index (χ2n) is 4.45. The highest BCUT2D eigenvalue weighted by Gasteiger charge is 2.12. The number of phenolic OH excluding ortho intramolecular Hbond substituents is 1. The summed E-state index contributed by atoms with van der Waals surface area (Å²) in [5.41, 5.74) is 1.54. The molecule has 0 aromatic heterocycles. The van der Waals surface area contributed by atoms with Crippen molar-refractivity contribution in [2.75, 3.05) is 40.6 Å². The lowest BCUT2D eigenvalue weighted by atomic mass is 10.1. The number of ether oxygens (including phenoxy) is 4. The summed E-state index contributed by atoms with van der Waals surface area (Å²) in [6, 6.07) is 3.15. The summed E-state index contributed by atoms with van der Waals surface area (Å²) in [5, 5.41) is 9.97. The van der Waals surface area contributed by atoms with Crippen LogP contribution in [0.15, 0.2) is 12.1 Å². The lowest BCUT2D eigenvalue weighted by molar-refractivity contribution is 0.0195. The van der Waals surface area contributed by atoms with Gasteiger partial charge in [-0.25, -0.2) is 4.79 Å². The van der Waals surface area contributed by atoms with Gasteiger partial charge in [-0.1, -0.05) is 0 Å². The van der Waals surface area contributed by atoms with Crippen molar-refractivity contribution in [3.05, 3.63) is 28.8 Å². The molecule has 0 unspecified atom stereocenters. The highest BCUT2D eigenvalue weighted by atomic mass is 16.5. The third-order valence-corrected chi connectivity index (χ3v) is 2.86. The molecule has 0 fully saturated rings. The number of esters is 1. The predicted octanol–water partition coefficient (Wildman–Crippen LogP) is 1.67. The van der Waals surface area contributed by atoms with E-state index in [0.717, 1.165) is 0 Å². The molecule has 1 aromatic rings. The van der Waals surface area contributed by atoms with Gasteiger partial charge in [0.1, 0.15) is 5.75 Å². The van der Waals surface area contributed by atoms with Crippen LogP contribution in [0.5, 0.6) is 5.75 Å². The van der Waals surface area contributed by atoms with Gasteiger partial charge in [-0.05, 0) is 24.6 Å². The Morgan fingerprint density at radius 1 is 1.10 bits per heavy atom. The van der Waals surface area contributed by atoms with E-state index in [-0.39, 0.29) is 12.4 Å². The molecule has 6 heteroatoms. The zero-order valence-electron chi connectivity index (χ0n) is 12.7. The zero-order chi connectivity index (χ0) is 15.7. The van der Waals surface area contributed by atoms with E-state index in [1.807, 2.05) is 0 Å². The molecular formula is C15H22O6. The molecule has 1 rings (SSSR count). The largest absolute Gasteiger partial charge is 0.507 e. The Kier molecular flexibility index (Phi) is 7.74. The van der Waals surface area contributed by atoms with Crippen LogP contribution in [0.4, 0.5) is 0 Å². The first-order valence-corrected chi connectivity index (χ1v) is 6.65. The van der Waals surface area contributed by atoms with E-state index >= 15 is 0 Å². The molecule has 0 amide bonds. The molecule has 0 saturated carbocycles. The average molecular weight is 298 g/mol. The van der Waals surface area contributed by atoms with Gasteiger partial charge in [-0.3, -0.25) is 0 Å². The maximum atomic E-state index is 11.5. The molecule has 0 radical (unpaired) electrons. The van der Waals surface area contributed by atoms with E-state index in [9.17, 15) is 9.90 Å². The Morgan fingerprint density at radius 2 is 1.76 bits per heavy atom. The molecular weight excluding hydrogens is 276 g/mol. The Bertz CT molecular complexity index is 458. The first-order chi connectivity index (χ1) is 10.1. The molecule has 0 aliphatic heterocycles. The molecule has 21 heavy (non-hydrogen) atoms. The van der Waals surface area contributed by atoms with E-state index in [1.165, 1.54) is 7.11 Å². The molecule has 0 saturated heterocycles. The molecule has 6 nitrogen and oxygen atoms in total. The minimum atomic E-state index is -0.442. The van der Waals surface area contributed by atoms with Crippen molar-refractivity contribution < 1.29 is 28.8 Å². The summed E-state index contributed by atoms with van der Waals surface area (Å²) in [6.45, 7) is 3.82. The van der Waals surface area contributed by atoms with Gasteiger partial charge in [0, 0.05) is 12.7 Å². The Hall–Kier alpha value is -1.63. The van der Waals surface area contributed by atoms with Crippen LogP contribution in [0.1, 0.15) is 21.5 Å². The lowest BCUT2D eigenvalue weighted by Gasteiger charge is -2.11. The van der Waals surface area contributed by atoms with Crippen molar-refractivity contribution in [3.8, 4) is 5.75 Å². The number of benzene rings is 1. The summed E-state index contributed by atoms with van der Waals surface area (Å²) in [4.78, 5) is 11.5. The van der Waals surface area contributed by atoms with Crippen LogP contribution in [-0.2, 0) is 25.6 Å².